The van der Waals surface area contributed by atoms with Crippen LogP contribution in [0.15, 0.2) is 199 Å². The van der Waals surface area contributed by atoms with Crippen LogP contribution >= 0.6 is 0 Å². The fraction of sp³-hybridized carbons (Fsp3) is 0.104. The van der Waals surface area contributed by atoms with Gasteiger partial charge in [-0.25, -0.2) is 9.38 Å². The number of imidazole rings is 2. The van der Waals surface area contributed by atoms with Crippen LogP contribution in [0, 0.1) is 0 Å². The first-order valence-corrected chi connectivity index (χ1v) is 18.7. The van der Waals surface area contributed by atoms with Gasteiger partial charge in [0, 0.05) is 6.20 Å². The molecule has 0 spiro atoms. The Bertz CT molecular complexity index is 2570. The first-order valence-electron chi connectivity index (χ1n) is 18.7. The van der Waals surface area contributed by atoms with Crippen LogP contribution < -0.4 is 5.56 Å². The van der Waals surface area contributed by atoms with E-state index in [-0.39, 0.29) is 31.0 Å². The number of aliphatic hydroxyl groups is 1. The molecule has 9 rings (SSSR count). The topological polar surface area (TPSA) is 86.6 Å². The van der Waals surface area contributed by atoms with Crippen molar-refractivity contribution < 1.29 is 9.84 Å². The fourth-order valence-electron chi connectivity index (χ4n) is 8.40. The van der Waals surface area contributed by atoms with E-state index in [1.165, 1.54) is 0 Å². The summed E-state index contributed by atoms with van der Waals surface area (Å²) in [4.78, 5) is 25.6. The second-order valence-electron chi connectivity index (χ2n) is 13.7. The second-order valence-corrected chi connectivity index (χ2v) is 13.7. The van der Waals surface area contributed by atoms with E-state index in [9.17, 15) is 5.11 Å². The quantitative estimate of drug-likeness (QED) is 0.102. The van der Waals surface area contributed by atoms with Crippen molar-refractivity contribution in [1.29, 1.82) is 0 Å². The molecular weight excluding hydrogens is 695 g/mol. The largest absolute Gasteiger partial charge is 0.394 e. The fourth-order valence-corrected chi connectivity index (χ4v) is 8.40. The van der Waals surface area contributed by atoms with E-state index in [1.54, 1.807) is 15.3 Å². The average molecular weight is 734 g/mol. The van der Waals surface area contributed by atoms with Gasteiger partial charge < -0.3 is 9.84 Å². The first kappa shape index (κ1) is 34.9. The van der Waals surface area contributed by atoms with Crippen LogP contribution in [0.1, 0.15) is 39.1 Å². The highest BCUT2D eigenvalue weighted by molar-refractivity contribution is 5.73. The van der Waals surface area contributed by atoms with Crippen LogP contribution in [-0.4, -0.2) is 41.8 Å². The molecule has 0 aliphatic carbocycles. The van der Waals surface area contributed by atoms with Crippen molar-refractivity contribution >= 4 is 16.9 Å². The zero-order valence-corrected chi connectivity index (χ0v) is 30.6. The smallest absolute Gasteiger partial charge is 0.287 e. The Kier molecular flexibility index (Phi) is 9.19. The molecule has 8 nitrogen and oxygen atoms in total. The molecule has 3 aromatic heterocycles. The molecule has 0 unspecified atom stereocenters. The highest BCUT2D eigenvalue weighted by Crippen LogP contribution is 2.48. The van der Waals surface area contributed by atoms with Crippen molar-refractivity contribution in [3.63, 3.8) is 0 Å². The minimum Gasteiger partial charge on any atom is -0.394 e. The van der Waals surface area contributed by atoms with Gasteiger partial charge in [0.25, 0.3) is 5.56 Å². The van der Waals surface area contributed by atoms with Crippen LogP contribution in [0.3, 0.4) is 0 Å². The average Bonchev–Trinajstić information content (AvgIpc) is 3.87. The van der Waals surface area contributed by atoms with E-state index in [2.05, 4.69) is 125 Å². The van der Waals surface area contributed by atoms with Gasteiger partial charge >= 0.3 is 0 Å². The molecular formula is C48H39N5O3. The van der Waals surface area contributed by atoms with Crippen molar-refractivity contribution in [1.82, 2.24) is 23.5 Å². The summed E-state index contributed by atoms with van der Waals surface area (Å²) in [5.74, 6) is 0.421. The maximum absolute atomic E-state index is 15.5. The van der Waals surface area contributed by atoms with Crippen molar-refractivity contribution in [3.8, 4) is 0 Å². The second kappa shape index (κ2) is 14.8. The lowest BCUT2D eigenvalue weighted by atomic mass is 9.67. The lowest BCUT2D eigenvalue weighted by molar-refractivity contribution is 0.0499. The molecule has 9 aromatic rings. The summed E-state index contributed by atoms with van der Waals surface area (Å²) in [5, 5.41) is 9.48. The molecule has 56 heavy (non-hydrogen) atoms. The molecule has 0 aliphatic heterocycles. The van der Waals surface area contributed by atoms with Crippen LogP contribution in [0.5, 0.6) is 0 Å². The SMILES string of the molecule is O=c1c2ncn(COCCO)c2nc2n(C(c3ccccc3)(c3ccccc3)c3ccccc3)cc(C(c3ccccc3)(c3ccccc3)c3ccccc3)n12. The Morgan fingerprint density at radius 1 is 0.571 bits per heavy atom. The van der Waals surface area contributed by atoms with Gasteiger partial charge in [-0.1, -0.05) is 182 Å². The molecule has 0 fully saturated rings. The zero-order chi connectivity index (χ0) is 38.0. The predicted molar refractivity (Wildman–Crippen MR) is 219 cm³/mol. The van der Waals surface area contributed by atoms with E-state index in [1.807, 2.05) is 72.8 Å². The summed E-state index contributed by atoms with van der Waals surface area (Å²) in [6.45, 7) is 0.0676. The third kappa shape index (κ3) is 5.49. The van der Waals surface area contributed by atoms with Crippen molar-refractivity contribution in [2.45, 2.75) is 17.7 Å². The molecule has 8 heteroatoms. The van der Waals surface area contributed by atoms with Crippen molar-refractivity contribution in [2.75, 3.05) is 13.2 Å². The highest BCUT2D eigenvalue weighted by atomic mass is 16.5. The molecule has 274 valence electrons. The lowest BCUT2D eigenvalue weighted by Crippen LogP contribution is -2.38. The minimum atomic E-state index is -1.02. The number of hydrogen-bond acceptors (Lipinski definition) is 5. The van der Waals surface area contributed by atoms with Crippen LogP contribution in [0.25, 0.3) is 16.9 Å². The number of aromatic nitrogens is 5. The van der Waals surface area contributed by atoms with Crippen LogP contribution in [-0.2, 0) is 22.4 Å². The summed E-state index contributed by atoms with van der Waals surface area (Å²) in [6, 6.07) is 62.3. The molecule has 1 N–H and O–H groups in total. The van der Waals surface area contributed by atoms with Gasteiger partial charge in [0.2, 0.25) is 5.78 Å². The number of rotatable bonds is 12. The van der Waals surface area contributed by atoms with Gasteiger partial charge in [0.15, 0.2) is 11.2 Å². The monoisotopic (exact) mass is 733 g/mol. The van der Waals surface area contributed by atoms with Crippen LogP contribution in [0.4, 0.5) is 0 Å². The lowest BCUT2D eigenvalue weighted by Gasteiger charge is -2.38. The van der Waals surface area contributed by atoms with Crippen molar-refractivity contribution in [3.05, 3.63) is 244 Å². The molecule has 0 saturated heterocycles. The Hall–Kier alpha value is -6.87. The Balaban J connectivity index is 1.53. The standard InChI is InChI=1S/C48H39N5O3/c54-31-32-56-35-51-34-49-43-44(51)50-46-52(48(39-25-13-4-14-26-39,40-27-15-5-16-28-40)41-29-17-6-18-30-41)33-42(53(46)45(43)55)47(36-19-7-1-8-20-36,37-21-9-2-10-22-37)38-23-11-3-12-24-38/h1-30,33-34,54H,31-32,35H2. The van der Waals surface area contributed by atoms with Gasteiger partial charge in [0.1, 0.15) is 12.3 Å². The molecule has 0 atom stereocenters. The number of ether oxygens (including phenoxy) is 1. The molecule has 0 radical (unpaired) electrons. The van der Waals surface area contributed by atoms with Gasteiger partial charge in [0.05, 0.1) is 30.7 Å². The summed E-state index contributed by atoms with van der Waals surface area (Å²) in [7, 11) is 0. The summed E-state index contributed by atoms with van der Waals surface area (Å²) >= 11 is 0. The molecule has 0 aliphatic rings. The number of aliphatic hydroxyl groups excluding tert-OH is 1. The molecule has 0 amide bonds. The van der Waals surface area contributed by atoms with E-state index in [0.717, 1.165) is 33.4 Å². The molecule has 0 bridgehead atoms. The Labute approximate surface area is 324 Å². The third-order valence-electron chi connectivity index (χ3n) is 10.7. The van der Waals surface area contributed by atoms with E-state index in [4.69, 9.17) is 9.72 Å². The zero-order valence-electron chi connectivity index (χ0n) is 30.6. The van der Waals surface area contributed by atoms with E-state index >= 15 is 4.79 Å². The number of fused-ring (bicyclic) bond motifs is 2. The van der Waals surface area contributed by atoms with Gasteiger partial charge in [-0.15, -0.1) is 0 Å². The summed E-state index contributed by atoms with van der Waals surface area (Å²) in [5.41, 5.74) is 4.87. The van der Waals surface area contributed by atoms with Gasteiger partial charge in [-0.05, 0) is 33.4 Å². The number of nitrogens with zero attached hydrogens (tertiary/aromatic N) is 5. The maximum atomic E-state index is 15.5. The maximum Gasteiger partial charge on any atom is 0.287 e. The molecule has 0 saturated carbocycles. The molecule has 6 aromatic carbocycles. The van der Waals surface area contributed by atoms with Crippen LogP contribution in [0.2, 0.25) is 0 Å². The number of benzene rings is 6. The van der Waals surface area contributed by atoms with E-state index in [0.29, 0.717) is 17.1 Å². The molecule has 3 heterocycles. The number of hydrogen-bond donors (Lipinski definition) is 1. The third-order valence-corrected chi connectivity index (χ3v) is 10.7. The summed E-state index contributed by atoms with van der Waals surface area (Å²) < 4.78 is 11.4. The van der Waals surface area contributed by atoms with Crippen molar-refractivity contribution in [2.24, 2.45) is 0 Å². The Morgan fingerprint density at radius 3 is 1.39 bits per heavy atom. The normalized spacial score (nSPS) is 12.0. The minimum absolute atomic E-state index is 0.0659. The first-order chi connectivity index (χ1) is 27.7. The predicted octanol–water partition coefficient (Wildman–Crippen LogP) is 8.04. The van der Waals surface area contributed by atoms with Gasteiger partial charge in [-0.3, -0.25) is 13.9 Å². The highest BCUT2D eigenvalue weighted by Gasteiger charge is 2.46. The summed E-state index contributed by atoms with van der Waals surface area (Å²) in [6.07, 6.45) is 3.72. The van der Waals surface area contributed by atoms with E-state index < -0.39 is 11.0 Å². The van der Waals surface area contributed by atoms with Gasteiger partial charge in [-0.2, -0.15) is 4.98 Å². The Morgan fingerprint density at radius 2 is 0.982 bits per heavy atom.